The maximum atomic E-state index is 13.8. The van der Waals surface area contributed by atoms with Crippen molar-refractivity contribution in [2.24, 2.45) is 0 Å². The number of carbonyl (C=O) groups is 1. The SMILES string of the molecule is O=C(N[C@H]1CC[C@@H]1F)c1cnn2c3c(c(-c4cn([C@H]5C[C@H](O)C5)c5ncccc45)nc12)OCCN3. The molecule has 5 heterocycles. The lowest BCUT2D eigenvalue weighted by Crippen LogP contribution is -2.48. The van der Waals surface area contributed by atoms with E-state index in [9.17, 15) is 14.3 Å². The molecular formula is C24H24FN7O3. The van der Waals surface area contributed by atoms with Crippen LogP contribution in [0.2, 0.25) is 0 Å². The van der Waals surface area contributed by atoms with Crippen LogP contribution in [-0.4, -0.2) is 66.6 Å². The van der Waals surface area contributed by atoms with Gasteiger partial charge in [0.05, 0.1) is 24.9 Å². The Labute approximate surface area is 199 Å². The zero-order valence-electron chi connectivity index (χ0n) is 18.8. The van der Waals surface area contributed by atoms with Crippen molar-refractivity contribution in [3.05, 3.63) is 36.3 Å². The molecule has 11 heteroatoms. The second-order valence-electron chi connectivity index (χ2n) is 9.48. The van der Waals surface area contributed by atoms with E-state index < -0.39 is 18.1 Å². The van der Waals surface area contributed by atoms with Gasteiger partial charge in [-0.1, -0.05) is 0 Å². The molecule has 0 unspecified atom stereocenters. The molecule has 35 heavy (non-hydrogen) atoms. The van der Waals surface area contributed by atoms with E-state index >= 15 is 0 Å². The summed E-state index contributed by atoms with van der Waals surface area (Å²) in [5, 5.41) is 21.3. The number of halogens is 1. The highest BCUT2D eigenvalue weighted by Gasteiger charge is 2.34. The molecule has 2 aliphatic carbocycles. The first-order chi connectivity index (χ1) is 17.1. The van der Waals surface area contributed by atoms with Crippen molar-refractivity contribution < 1.29 is 19.0 Å². The van der Waals surface area contributed by atoms with Crippen molar-refractivity contribution >= 4 is 28.4 Å². The molecule has 2 fully saturated rings. The lowest BCUT2D eigenvalue weighted by atomic mass is 9.89. The summed E-state index contributed by atoms with van der Waals surface area (Å²) in [6.45, 7) is 1.05. The van der Waals surface area contributed by atoms with Crippen molar-refractivity contribution in [1.82, 2.24) is 29.5 Å². The van der Waals surface area contributed by atoms with Crippen molar-refractivity contribution in [1.29, 1.82) is 0 Å². The number of aliphatic hydroxyl groups is 1. The Morgan fingerprint density at radius 3 is 2.94 bits per heavy atom. The summed E-state index contributed by atoms with van der Waals surface area (Å²) < 4.78 is 23.5. The summed E-state index contributed by atoms with van der Waals surface area (Å²) in [4.78, 5) is 22.5. The number of nitrogens with zero attached hydrogens (tertiary/aromatic N) is 5. The quantitative estimate of drug-likeness (QED) is 0.413. The maximum Gasteiger partial charge on any atom is 0.257 e. The first-order valence-electron chi connectivity index (χ1n) is 12.0. The predicted molar refractivity (Wildman–Crippen MR) is 125 cm³/mol. The number of aliphatic hydroxyl groups excluding tert-OH is 1. The van der Waals surface area contributed by atoms with Gasteiger partial charge in [-0.25, -0.2) is 14.4 Å². The number of anilines is 1. The van der Waals surface area contributed by atoms with Crippen molar-refractivity contribution in [2.75, 3.05) is 18.5 Å². The number of amides is 1. The van der Waals surface area contributed by atoms with E-state index in [2.05, 4.69) is 25.3 Å². The minimum atomic E-state index is -1.02. The first-order valence-corrected chi connectivity index (χ1v) is 12.0. The molecule has 0 bridgehead atoms. The Morgan fingerprint density at radius 1 is 1.29 bits per heavy atom. The number of nitrogens with one attached hydrogen (secondary N) is 2. The van der Waals surface area contributed by atoms with Crippen LogP contribution in [0.3, 0.4) is 0 Å². The highest BCUT2D eigenvalue weighted by atomic mass is 19.1. The minimum Gasteiger partial charge on any atom is -0.486 e. The fourth-order valence-corrected chi connectivity index (χ4v) is 5.14. The van der Waals surface area contributed by atoms with Crippen LogP contribution in [0, 0.1) is 0 Å². The summed E-state index contributed by atoms with van der Waals surface area (Å²) in [5.41, 5.74) is 2.87. The summed E-state index contributed by atoms with van der Waals surface area (Å²) in [6.07, 6.45) is 6.33. The average Bonchev–Trinajstić information content (AvgIpc) is 3.46. The van der Waals surface area contributed by atoms with Crippen LogP contribution < -0.4 is 15.4 Å². The van der Waals surface area contributed by atoms with Crippen LogP contribution in [0.4, 0.5) is 10.2 Å². The van der Waals surface area contributed by atoms with Gasteiger partial charge in [-0.3, -0.25) is 4.79 Å². The van der Waals surface area contributed by atoms with E-state index in [1.807, 2.05) is 18.3 Å². The second kappa shape index (κ2) is 7.64. The molecule has 1 amide bonds. The van der Waals surface area contributed by atoms with E-state index in [0.717, 1.165) is 16.6 Å². The van der Waals surface area contributed by atoms with Crippen molar-refractivity contribution in [3.8, 4) is 17.0 Å². The third-order valence-corrected chi connectivity index (χ3v) is 7.32. The zero-order chi connectivity index (χ0) is 23.7. The minimum absolute atomic E-state index is 0.155. The van der Waals surface area contributed by atoms with Crippen molar-refractivity contribution in [2.45, 2.75) is 50.0 Å². The third-order valence-electron chi connectivity index (χ3n) is 7.32. The topological polar surface area (TPSA) is 119 Å². The molecule has 2 saturated carbocycles. The van der Waals surface area contributed by atoms with Crippen LogP contribution >= 0.6 is 0 Å². The van der Waals surface area contributed by atoms with Crippen molar-refractivity contribution in [3.63, 3.8) is 0 Å². The molecule has 0 radical (unpaired) electrons. The second-order valence-corrected chi connectivity index (χ2v) is 9.48. The summed E-state index contributed by atoms with van der Waals surface area (Å²) in [5.74, 6) is 0.777. The standard InChI is InChI=1S/C24H24FN7O3/c25-17-3-4-18(17)29-24(34)15-10-28-32-22(15)30-19(20-23(32)27-6-7-35-20)16-11-31(12-8-13(33)9-12)21-14(16)2-1-5-26-21/h1-2,5,10-13,17-18,27,33H,3-4,6-9H2,(H,29,34)/t12-,13-,17-,18-/m0/s1. The normalized spacial score (nSPS) is 25.3. The molecule has 180 valence electrons. The molecule has 2 atom stereocenters. The van der Waals surface area contributed by atoms with Gasteiger partial charge in [0.25, 0.3) is 5.91 Å². The van der Waals surface area contributed by atoms with Gasteiger partial charge in [-0.2, -0.15) is 9.61 Å². The molecule has 1 aliphatic heterocycles. The number of pyridine rings is 1. The van der Waals surface area contributed by atoms with Gasteiger partial charge >= 0.3 is 0 Å². The fraction of sp³-hybridized carbons (Fsp3) is 0.417. The first kappa shape index (κ1) is 20.6. The van der Waals surface area contributed by atoms with E-state index in [-0.39, 0.29) is 17.7 Å². The molecular weight excluding hydrogens is 453 g/mol. The number of carbonyl (C=O) groups excluding carboxylic acids is 1. The number of aromatic nitrogens is 5. The molecule has 10 nitrogen and oxygen atoms in total. The van der Waals surface area contributed by atoms with Gasteiger partial charge in [0.2, 0.25) is 0 Å². The number of ether oxygens (including phenoxy) is 1. The number of hydrogen-bond acceptors (Lipinski definition) is 7. The molecule has 7 rings (SSSR count). The molecule has 0 spiro atoms. The number of alkyl halides is 1. The lowest BCUT2D eigenvalue weighted by molar-refractivity contribution is 0.0501. The van der Waals surface area contributed by atoms with Gasteiger partial charge in [0, 0.05) is 29.4 Å². The van der Waals surface area contributed by atoms with Gasteiger partial charge < -0.3 is 25.0 Å². The van der Waals surface area contributed by atoms with Crippen LogP contribution in [0.1, 0.15) is 42.1 Å². The van der Waals surface area contributed by atoms with Crippen LogP contribution in [0.25, 0.3) is 27.9 Å². The van der Waals surface area contributed by atoms with E-state index in [1.165, 1.54) is 6.20 Å². The zero-order valence-corrected chi connectivity index (χ0v) is 18.8. The van der Waals surface area contributed by atoms with Gasteiger partial charge in [-0.05, 0) is 37.8 Å². The molecule has 4 aromatic heterocycles. The van der Waals surface area contributed by atoms with Gasteiger partial charge in [0.15, 0.2) is 17.2 Å². The average molecular weight is 478 g/mol. The summed E-state index contributed by atoms with van der Waals surface area (Å²) in [7, 11) is 0. The third kappa shape index (κ3) is 3.10. The largest absolute Gasteiger partial charge is 0.486 e. The van der Waals surface area contributed by atoms with Crippen LogP contribution in [0.5, 0.6) is 5.75 Å². The Hall–Kier alpha value is -3.73. The lowest BCUT2D eigenvalue weighted by Gasteiger charge is -2.32. The number of rotatable bonds is 4. The fourth-order valence-electron chi connectivity index (χ4n) is 5.14. The Kier molecular flexibility index (Phi) is 4.50. The molecule has 4 aromatic rings. The molecule has 0 saturated heterocycles. The Balaban J connectivity index is 1.40. The van der Waals surface area contributed by atoms with Gasteiger partial charge in [-0.15, -0.1) is 0 Å². The molecule has 0 aromatic carbocycles. The van der Waals surface area contributed by atoms with Crippen LogP contribution in [0.15, 0.2) is 30.7 Å². The predicted octanol–water partition coefficient (Wildman–Crippen LogP) is 2.48. The van der Waals surface area contributed by atoms with E-state index in [1.54, 1.807) is 10.7 Å². The number of fused-ring (bicyclic) bond motifs is 4. The highest BCUT2D eigenvalue weighted by molar-refractivity contribution is 6.02. The highest BCUT2D eigenvalue weighted by Crippen LogP contribution is 2.43. The number of hydrogen-bond donors (Lipinski definition) is 3. The maximum absolute atomic E-state index is 13.8. The molecule has 3 aliphatic rings. The smallest absolute Gasteiger partial charge is 0.257 e. The van der Waals surface area contributed by atoms with E-state index in [0.29, 0.717) is 61.7 Å². The Morgan fingerprint density at radius 2 is 2.17 bits per heavy atom. The monoisotopic (exact) mass is 477 g/mol. The summed E-state index contributed by atoms with van der Waals surface area (Å²) >= 11 is 0. The Bertz CT molecular complexity index is 1480. The molecule has 3 N–H and O–H groups in total. The van der Waals surface area contributed by atoms with Gasteiger partial charge in [0.1, 0.15) is 29.7 Å². The van der Waals surface area contributed by atoms with E-state index in [4.69, 9.17) is 9.72 Å². The van der Waals surface area contributed by atoms with Crippen LogP contribution in [-0.2, 0) is 0 Å². The summed E-state index contributed by atoms with van der Waals surface area (Å²) in [6, 6.07) is 3.54.